The summed E-state index contributed by atoms with van der Waals surface area (Å²) >= 11 is 5.42. The molecule has 0 spiro atoms. The molecule has 0 saturated carbocycles. The van der Waals surface area contributed by atoms with Gasteiger partial charge >= 0.3 is 11.9 Å². The number of halogens is 1. The minimum Gasteiger partial charge on any atom is -0.461 e. The highest BCUT2D eigenvalue weighted by Crippen LogP contribution is 1.97. The van der Waals surface area contributed by atoms with Crippen molar-refractivity contribution < 1.29 is 19.1 Å². The van der Waals surface area contributed by atoms with Crippen LogP contribution in [0.15, 0.2) is 12.2 Å². The molecule has 0 fully saturated rings. The minimum atomic E-state index is -0.688. The second-order valence-electron chi connectivity index (χ2n) is 2.70. The van der Waals surface area contributed by atoms with E-state index in [0.29, 0.717) is 5.57 Å². The molecule has 0 N–H and O–H groups in total. The topological polar surface area (TPSA) is 52.6 Å². The lowest BCUT2D eigenvalue weighted by atomic mass is 10.4. The van der Waals surface area contributed by atoms with E-state index in [1.54, 1.807) is 0 Å². The molecule has 0 amide bonds. The molecule has 0 aromatic rings. The largest absolute Gasteiger partial charge is 0.461 e. The lowest BCUT2D eigenvalue weighted by Crippen LogP contribution is -2.18. The lowest BCUT2D eigenvalue weighted by Gasteiger charge is -2.06. The number of ether oxygens (including phenoxy) is 2. The summed E-state index contributed by atoms with van der Waals surface area (Å²) in [4.78, 5) is 21.6. The molecule has 1 atom stereocenters. The Labute approximate surface area is 87.8 Å². The molecule has 0 aromatic carbocycles. The number of hydrogen-bond acceptors (Lipinski definition) is 4. The molecule has 1 unspecified atom stereocenters. The Kier molecular flexibility index (Phi) is 5.95. The molecule has 0 saturated heterocycles. The van der Waals surface area contributed by atoms with Crippen molar-refractivity contribution in [3.8, 4) is 0 Å². The molecule has 4 nitrogen and oxygen atoms in total. The predicted molar refractivity (Wildman–Crippen MR) is 52.0 cm³/mol. The number of carbonyl (C=O) groups excluding carboxylic acids is 2. The SMILES string of the molecule is C=C(C)C(=O)OCCOC(=O)C(C)Cl. The molecule has 5 heteroatoms. The second kappa shape index (κ2) is 6.43. The van der Waals surface area contributed by atoms with Crippen molar-refractivity contribution in [1.82, 2.24) is 0 Å². The van der Waals surface area contributed by atoms with Gasteiger partial charge in [-0.2, -0.15) is 0 Å². The third-order valence-electron chi connectivity index (χ3n) is 1.23. The van der Waals surface area contributed by atoms with Crippen LogP contribution in [0.5, 0.6) is 0 Å². The molecule has 80 valence electrons. The molecule has 0 rings (SSSR count). The molecule has 14 heavy (non-hydrogen) atoms. The highest BCUT2D eigenvalue weighted by molar-refractivity contribution is 6.29. The molecular weight excluding hydrogens is 208 g/mol. The van der Waals surface area contributed by atoms with E-state index in [2.05, 4.69) is 16.1 Å². The van der Waals surface area contributed by atoms with E-state index in [9.17, 15) is 9.59 Å². The highest BCUT2D eigenvalue weighted by atomic mass is 35.5. The van der Waals surface area contributed by atoms with Crippen LogP contribution in [0.1, 0.15) is 13.8 Å². The van der Waals surface area contributed by atoms with Gasteiger partial charge in [-0.1, -0.05) is 6.58 Å². The molecule has 0 radical (unpaired) electrons. The number of alkyl halides is 1. The number of hydrogen-bond donors (Lipinski definition) is 0. The zero-order chi connectivity index (χ0) is 11.1. The Balaban J connectivity index is 3.52. The van der Waals surface area contributed by atoms with Crippen molar-refractivity contribution >= 4 is 23.5 Å². The number of esters is 2. The Morgan fingerprint density at radius 2 is 1.86 bits per heavy atom. The first-order valence-corrected chi connectivity index (χ1v) is 4.52. The lowest BCUT2D eigenvalue weighted by molar-refractivity contribution is -0.149. The Morgan fingerprint density at radius 3 is 2.29 bits per heavy atom. The summed E-state index contributed by atoms with van der Waals surface area (Å²) in [6.07, 6.45) is 0. The van der Waals surface area contributed by atoms with Gasteiger partial charge in [-0.05, 0) is 13.8 Å². The molecule has 0 aliphatic carbocycles. The van der Waals surface area contributed by atoms with Crippen molar-refractivity contribution in [1.29, 1.82) is 0 Å². The number of rotatable bonds is 5. The summed E-state index contributed by atoms with van der Waals surface area (Å²) in [5.41, 5.74) is 0.307. The van der Waals surface area contributed by atoms with Crippen LogP contribution in [0.3, 0.4) is 0 Å². The molecule has 0 aliphatic heterocycles. The van der Waals surface area contributed by atoms with Crippen molar-refractivity contribution in [2.24, 2.45) is 0 Å². The zero-order valence-electron chi connectivity index (χ0n) is 8.21. The van der Waals surface area contributed by atoms with E-state index in [0.717, 1.165) is 0 Å². The maximum absolute atomic E-state index is 10.8. The van der Waals surface area contributed by atoms with E-state index < -0.39 is 17.3 Å². The van der Waals surface area contributed by atoms with Gasteiger partial charge in [-0.25, -0.2) is 4.79 Å². The Bertz CT molecular complexity index is 235. The first kappa shape index (κ1) is 13.0. The highest BCUT2D eigenvalue weighted by Gasteiger charge is 2.10. The van der Waals surface area contributed by atoms with Gasteiger partial charge in [-0.15, -0.1) is 11.6 Å². The van der Waals surface area contributed by atoms with E-state index in [-0.39, 0.29) is 13.2 Å². The van der Waals surface area contributed by atoms with Gasteiger partial charge < -0.3 is 9.47 Å². The van der Waals surface area contributed by atoms with Crippen LogP contribution in [0.25, 0.3) is 0 Å². The van der Waals surface area contributed by atoms with Gasteiger partial charge in [-0.3, -0.25) is 4.79 Å². The molecule has 0 aromatic heterocycles. The van der Waals surface area contributed by atoms with Crippen LogP contribution in [-0.4, -0.2) is 30.5 Å². The van der Waals surface area contributed by atoms with Crippen molar-refractivity contribution in [3.63, 3.8) is 0 Å². The maximum atomic E-state index is 10.8. The summed E-state index contributed by atoms with van der Waals surface area (Å²) in [5.74, 6) is -1.03. The summed E-state index contributed by atoms with van der Waals surface area (Å²) in [6, 6.07) is 0. The maximum Gasteiger partial charge on any atom is 0.333 e. The van der Waals surface area contributed by atoms with Gasteiger partial charge in [0.25, 0.3) is 0 Å². The summed E-state index contributed by atoms with van der Waals surface area (Å²) in [5, 5.41) is -0.688. The van der Waals surface area contributed by atoms with Gasteiger partial charge in [0.1, 0.15) is 18.6 Å². The Hall–Kier alpha value is -1.03. The smallest absolute Gasteiger partial charge is 0.333 e. The van der Waals surface area contributed by atoms with Crippen LogP contribution in [0.2, 0.25) is 0 Å². The summed E-state index contributed by atoms with van der Waals surface area (Å²) < 4.78 is 9.33. The fourth-order valence-corrected chi connectivity index (χ4v) is 0.578. The van der Waals surface area contributed by atoms with Crippen LogP contribution in [0, 0.1) is 0 Å². The van der Waals surface area contributed by atoms with Crippen LogP contribution < -0.4 is 0 Å². The standard InChI is InChI=1S/C9H13ClO4/c1-6(2)8(11)13-4-5-14-9(12)7(3)10/h7H,1,4-5H2,2-3H3. The predicted octanol–water partition coefficient (Wildman–Crippen LogP) is 1.28. The minimum absolute atomic E-state index is 0.00884. The molecule has 0 heterocycles. The zero-order valence-corrected chi connectivity index (χ0v) is 8.97. The first-order chi connectivity index (χ1) is 6.45. The quantitative estimate of drug-likeness (QED) is 0.303. The van der Waals surface area contributed by atoms with Gasteiger partial charge in [0, 0.05) is 5.57 Å². The van der Waals surface area contributed by atoms with Gasteiger partial charge in [0.05, 0.1) is 0 Å². The number of carbonyl (C=O) groups is 2. The third-order valence-corrected chi connectivity index (χ3v) is 1.41. The van der Waals surface area contributed by atoms with E-state index >= 15 is 0 Å². The fourth-order valence-electron chi connectivity index (χ4n) is 0.515. The first-order valence-electron chi connectivity index (χ1n) is 4.08. The van der Waals surface area contributed by atoms with Crippen LogP contribution in [-0.2, 0) is 19.1 Å². The fraction of sp³-hybridized carbons (Fsp3) is 0.556. The molecule has 0 bridgehead atoms. The van der Waals surface area contributed by atoms with E-state index in [4.69, 9.17) is 11.6 Å². The van der Waals surface area contributed by atoms with Gasteiger partial charge in [0.2, 0.25) is 0 Å². The third kappa shape index (κ3) is 5.59. The molecular formula is C9H13ClO4. The van der Waals surface area contributed by atoms with Crippen molar-refractivity contribution in [3.05, 3.63) is 12.2 Å². The summed E-state index contributed by atoms with van der Waals surface area (Å²) in [7, 11) is 0. The average Bonchev–Trinajstić information content (AvgIpc) is 2.11. The van der Waals surface area contributed by atoms with E-state index in [1.165, 1.54) is 13.8 Å². The monoisotopic (exact) mass is 220 g/mol. The normalized spacial score (nSPS) is 11.6. The van der Waals surface area contributed by atoms with E-state index in [1.807, 2.05) is 0 Å². The van der Waals surface area contributed by atoms with Gasteiger partial charge in [0.15, 0.2) is 0 Å². The van der Waals surface area contributed by atoms with Crippen LogP contribution in [0.4, 0.5) is 0 Å². The second-order valence-corrected chi connectivity index (χ2v) is 3.35. The van der Waals surface area contributed by atoms with Crippen LogP contribution >= 0.6 is 11.6 Å². The van der Waals surface area contributed by atoms with Crippen molar-refractivity contribution in [2.45, 2.75) is 19.2 Å². The average molecular weight is 221 g/mol. The molecule has 0 aliphatic rings. The Morgan fingerprint density at radius 1 is 1.36 bits per heavy atom. The van der Waals surface area contributed by atoms with Crippen molar-refractivity contribution in [2.75, 3.05) is 13.2 Å². The summed E-state index contributed by atoms with van der Waals surface area (Å²) in [6.45, 7) is 6.46.